The van der Waals surface area contributed by atoms with Crippen LogP contribution in [0.3, 0.4) is 0 Å². The molecule has 2 aliphatic rings. The van der Waals surface area contributed by atoms with Gasteiger partial charge in [0.15, 0.2) is 0 Å². The average Bonchev–Trinajstić information content (AvgIpc) is 3.22. The fourth-order valence-electron chi connectivity index (χ4n) is 4.50. The highest BCUT2D eigenvalue weighted by molar-refractivity contribution is 5.89. The molecule has 3 amide bonds. The van der Waals surface area contributed by atoms with E-state index in [-0.39, 0.29) is 56.4 Å². The van der Waals surface area contributed by atoms with Crippen LogP contribution in [0.5, 0.6) is 0 Å². The summed E-state index contributed by atoms with van der Waals surface area (Å²) in [5, 5.41) is 16.1. The zero-order valence-corrected chi connectivity index (χ0v) is 19.4. The van der Waals surface area contributed by atoms with Crippen molar-refractivity contribution >= 4 is 17.6 Å². The molecule has 4 atom stereocenters. The van der Waals surface area contributed by atoms with Gasteiger partial charge in [0, 0.05) is 31.9 Å². The van der Waals surface area contributed by atoms with E-state index in [1.54, 1.807) is 11.2 Å². The molecule has 1 aromatic heterocycles. The first-order valence-electron chi connectivity index (χ1n) is 11.8. The summed E-state index contributed by atoms with van der Waals surface area (Å²) in [4.78, 5) is 31.4. The van der Waals surface area contributed by atoms with Crippen molar-refractivity contribution in [3.05, 3.63) is 48.5 Å². The number of para-hydroxylation sites is 1. The van der Waals surface area contributed by atoms with Crippen LogP contribution in [0, 0.1) is 0 Å². The normalized spacial score (nSPS) is 25.1. The number of fused-ring (bicyclic) bond motifs is 1. The first-order chi connectivity index (χ1) is 16.5. The Morgan fingerprint density at radius 3 is 2.79 bits per heavy atom. The maximum absolute atomic E-state index is 13.1. The third kappa shape index (κ3) is 6.55. The van der Waals surface area contributed by atoms with Crippen molar-refractivity contribution in [1.29, 1.82) is 0 Å². The van der Waals surface area contributed by atoms with Crippen LogP contribution in [0.2, 0.25) is 0 Å². The molecule has 0 saturated carbocycles. The van der Waals surface area contributed by atoms with Gasteiger partial charge in [-0.2, -0.15) is 0 Å². The number of aryl methyl sites for hydroxylation is 1. The fraction of sp³-hybridized carbons (Fsp3) is 0.542. The number of nitrogens with zero attached hydrogens (tertiary/aromatic N) is 3. The number of β-amino-alcohol motifs (C(OH)–C–C–N with tert-alkyl or cyclic N) is 1. The Hall–Kier alpha value is -2.95. The van der Waals surface area contributed by atoms with Crippen LogP contribution in [-0.4, -0.2) is 82.2 Å². The van der Waals surface area contributed by atoms with Crippen LogP contribution >= 0.6 is 0 Å². The number of ether oxygens (including phenoxy) is 2. The lowest BCUT2D eigenvalue weighted by Gasteiger charge is -2.44. The summed E-state index contributed by atoms with van der Waals surface area (Å²) < 4.78 is 13.7. The van der Waals surface area contributed by atoms with Gasteiger partial charge < -0.3 is 34.7 Å². The summed E-state index contributed by atoms with van der Waals surface area (Å²) in [7, 11) is 1.91. The Morgan fingerprint density at radius 1 is 1.21 bits per heavy atom. The van der Waals surface area contributed by atoms with Crippen LogP contribution in [0.25, 0.3) is 0 Å². The van der Waals surface area contributed by atoms with E-state index in [9.17, 15) is 14.7 Å². The molecule has 0 bridgehead atoms. The average molecular weight is 472 g/mol. The minimum Gasteiger partial charge on any atom is -0.389 e. The van der Waals surface area contributed by atoms with Gasteiger partial charge in [-0.1, -0.05) is 18.2 Å². The first-order valence-corrected chi connectivity index (χ1v) is 11.8. The number of aliphatic hydroxyl groups is 1. The maximum atomic E-state index is 13.1. The number of amides is 3. The number of anilines is 1. The molecule has 2 saturated heterocycles. The highest BCUT2D eigenvalue weighted by Gasteiger charge is 2.40. The number of imidazole rings is 1. The molecule has 1 aromatic carbocycles. The van der Waals surface area contributed by atoms with E-state index in [0.717, 1.165) is 5.69 Å². The summed E-state index contributed by atoms with van der Waals surface area (Å²) in [5.41, 5.74) is 1.62. The lowest BCUT2D eigenvalue weighted by Crippen LogP contribution is -2.58. The molecule has 0 aliphatic carbocycles. The van der Waals surface area contributed by atoms with E-state index in [2.05, 4.69) is 15.6 Å². The van der Waals surface area contributed by atoms with Gasteiger partial charge in [-0.05, 0) is 25.0 Å². The summed E-state index contributed by atoms with van der Waals surface area (Å²) in [6, 6.07) is 8.69. The van der Waals surface area contributed by atoms with E-state index in [1.807, 2.05) is 48.1 Å². The molecule has 34 heavy (non-hydrogen) atoms. The number of rotatable bonds is 6. The van der Waals surface area contributed by atoms with E-state index in [4.69, 9.17) is 9.47 Å². The van der Waals surface area contributed by atoms with Gasteiger partial charge in [0.05, 0.1) is 56.5 Å². The van der Waals surface area contributed by atoms with Crippen LogP contribution < -0.4 is 10.6 Å². The molecule has 10 heteroatoms. The molecular formula is C24H33N5O5. The fourth-order valence-corrected chi connectivity index (χ4v) is 4.50. The van der Waals surface area contributed by atoms with Crippen molar-refractivity contribution in [3.63, 3.8) is 0 Å². The van der Waals surface area contributed by atoms with Crippen molar-refractivity contribution in [1.82, 2.24) is 19.8 Å². The molecule has 3 N–H and O–H groups in total. The number of hydrogen-bond acceptors (Lipinski definition) is 6. The summed E-state index contributed by atoms with van der Waals surface area (Å²) in [5.74, 6) is -0.0692. The molecule has 0 radical (unpaired) electrons. The van der Waals surface area contributed by atoms with E-state index in [1.165, 1.54) is 0 Å². The molecule has 0 spiro atoms. The van der Waals surface area contributed by atoms with E-state index in [0.29, 0.717) is 31.5 Å². The van der Waals surface area contributed by atoms with Crippen molar-refractivity contribution in [2.24, 2.45) is 7.05 Å². The summed E-state index contributed by atoms with van der Waals surface area (Å²) >= 11 is 0. The number of hydrogen-bond donors (Lipinski definition) is 3. The molecule has 184 valence electrons. The number of nitrogens with one attached hydrogen (secondary N) is 2. The molecule has 3 heterocycles. The maximum Gasteiger partial charge on any atom is 0.322 e. The van der Waals surface area contributed by atoms with Crippen molar-refractivity contribution in [2.75, 3.05) is 31.6 Å². The zero-order chi connectivity index (χ0) is 23.9. The summed E-state index contributed by atoms with van der Waals surface area (Å²) in [6.07, 6.45) is 4.51. The smallest absolute Gasteiger partial charge is 0.322 e. The monoisotopic (exact) mass is 471 g/mol. The van der Waals surface area contributed by atoms with Crippen LogP contribution in [0.4, 0.5) is 10.5 Å². The largest absolute Gasteiger partial charge is 0.389 e. The van der Waals surface area contributed by atoms with Gasteiger partial charge in [0.2, 0.25) is 5.91 Å². The van der Waals surface area contributed by atoms with Gasteiger partial charge in [0.1, 0.15) is 6.10 Å². The Morgan fingerprint density at radius 2 is 2.03 bits per heavy atom. The van der Waals surface area contributed by atoms with Gasteiger partial charge in [-0.3, -0.25) is 4.79 Å². The molecular weight excluding hydrogens is 438 g/mol. The topological polar surface area (TPSA) is 118 Å². The molecule has 0 unspecified atom stereocenters. The summed E-state index contributed by atoms with van der Waals surface area (Å²) in [6.45, 7) is 1.06. The highest BCUT2D eigenvalue weighted by atomic mass is 16.5. The lowest BCUT2D eigenvalue weighted by atomic mass is 9.95. The molecule has 2 aliphatic heterocycles. The number of aromatic nitrogens is 2. The number of aliphatic hydroxyl groups excluding tert-OH is 1. The van der Waals surface area contributed by atoms with Crippen molar-refractivity contribution in [2.45, 2.75) is 50.0 Å². The van der Waals surface area contributed by atoms with Crippen molar-refractivity contribution in [3.8, 4) is 0 Å². The quantitative estimate of drug-likeness (QED) is 0.585. The highest BCUT2D eigenvalue weighted by Crippen LogP contribution is 2.28. The van der Waals surface area contributed by atoms with Crippen LogP contribution in [0.1, 0.15) is 25.0 Å². The van der Waals surface area contributed by atoms with E-state index >= 15 is 0 Å². The molecule has 4 rings (SSSR count). The van der Waals surface area contributed by atoms with Gasteiger partial charge in [-0.15, -0.1) is 0 Å². The Kier molecular flexibility index (Phi) is 8.15. The third-order valence-electron chi connectivity index (χ3n) is 6.14. The molecule has 2 fully saturated rings. The first kappa shape index (κ1) is 24.2. The number of benzene rings is 1. The zero-order valence-electron chi connectivity index (χ0n) is 19.4. The van der Waals surface area contributed by atoms with Crippen LogP contribution in [0.15, 0.2) is 42.9 Å². The standard InChI is InChI=1S/C24H33N5O5/c1-28-12-18(26-16-28)9-10-25-23(31)11-20-7-8-21-22(34-20)15-33-14-19(30)13-29(21)24(32)27-17-5-3-2-4-6-17/h2-6,12,16,19-22,30H,7-11,13-15H2,1H3,(H,25,31)(H,27,32)/t19-,20-,21-,22+/m0/s1. The second-order valence-corrected chi connectivity index (χ2v) is 8.92. The predicted octanol–water partition coefficient (Wildman–Crippen LogP) is 1.31. The minimum absolute atomic E-state index is 0.0692. The van der Waals surface area contributed by atoms with Gasteiger partial charge in [0.25, 0.3) is 0 Å². The van der Waals surface area contributed by atoms with Crippen LogP contribution in [-0.2, 0) is 27.7 Å². The number of carbonyl (C=O) groups excluding carboxylic acids is 2. The van der Waals surface area contributed by atoms with Gasteiger partial charge >= 0.3 is 6.03 Å². The molecule has 2 aromatic rings. The number of carbonyl (C=O) groups is 2. The Balaban J connectivity index is 1.31. The molecule has 10 nitrogen and oxygen atoms in total. The Labute approximate surface area is 199 Å². The van der Waals surface area contributed by atoms with Gasteiger partial charge in [-0.25, -0.2) is 9.78 Å². The second-order valence-electron chi connectivity index (χ2n) is 8.92. The SMILES string of the molecule is Cn1cnc(CCNC(=O)C[C@@H]2CC[C@H]3[C@@H](COC[C@@H](O)CN3C(=O)Nc3ccccc3)O2)c1. The van der Waals surface area contributed by atoms with E-state index < -0.39 is 6.10 Å². The predicted molar refractivity (Wildman–Crippen MR) is 125 cm³/mol. The number of urea groups is 1. The van der Waals surface area contributed by atoms with Crippen molar-refractivity contribution < 1.29 is 24.2 Å². The minimum atomic E-state index is -0.773. The second kappa shape index (κ2) is 11.5. The lowest BCUT2D eigenvalue weighted by molar-refractivity contribution is -0.149. The third-order valence-corrected chi connectivity index (χ3v) is 6.14. The Bertz CT molecular complexity index is 952.